The van der Waals surface area contributed by atoms with Gasteiger partial charge in [-0.1, -0.05) is 88.1 Å². The van der Waals surface area contributed by atoms with Gasteiger partial charge in [-0.05, 0) is 99.2 Å². The average Bonchev–Trinajstić information content (AvgIpc) is 1.64. The van der Waals surface area contributed by atoms with Crippen molar-refractivity contribution in [1.82, 2.24) is 87.6 Å². The molecular formula is C86H118N20O22S. The third-order valence-electron chi connectivity index (χ3n) is 23.4. The monoisotopic (exact) mass is 1810 g/mol. The predicted octanol–water partition coefficient (Wildman–Crippen LogP) is -3.83. The topological polar surface area (TPSA) is 634 Å². The number of rotatable bonds is 22. The highest BCUT2D eigenvalue weighted by atomic mass is 32.2. The first-order chi connectivity index (χ1) is 61.5. The van der Waals surface area contributed by atoms with Crippen LogP contribution in [0.3, 0.4) is 0 Å². The number of aliphatic hydroxyl groups is 2. The van der Waals surface area contributed by atoms with Gasteiger partial charge in [0.25, 0.3) is 0 Å². The SMILES string of the molecule is CCCC[C@H]1C(=O)N(C)[C@@H](CCCC)C(=O)N[C@@H](C)C(=O)N[C@H](C(=O)NCC(N)=O)CSCC(=O)N[C@H](Cc2ccc(O)cc2)C(=O)N2CCCC[C@H]2C(=O)N[C@@H](CC(=O)O)C(=O)N2CCC[C@H]2C(=O)N[C@@H](CN)C(=O)N[C@@H](CCC(N)=O)C(=O)N2C[C@H](O)C[C@H]2C(=O)N[C@@H](Cc2c[nH]c3ccccc23)C(=O)N[C@@H](CO)C(=O)N[C@@H](Cc2c[nH]c3ccccc23)C(=O)N1C. The van der Waals surface area contributed by atoms with E-state index in [1.165, 1.54) is 45.3 Å². The van der Waals surface area contributed by atoms with Gasteiger partial charge in [-0.25, -0.2) is 0 Å². The van der Waals surface area contributed by atoms with Crippen molar-refractivity contribution < 1.29 is 107 Å². The Kier molecular flexibility index (Phi) is 36.7. The molecule has 4 aliphatic heterocycles. The van der Waals surface area contributed by atoms with E-state index in [1.807, 2.05) is 13.8 Å². The van der Waals surface area contributed by atoms with Gasteiger partial charge >= 0.3 is 5.97 Å². The Morgan fingerprint density at radius 2 is 1.03 bits per heavy atom. The first kappa shape index (κ1) is 100.0. The molecule has 4 saturated heterocycles. The number of primary amides is 2. The van der Waals surface area contributed by atoms with Crippen molar-refractivity contribution in [2.75, 3.05) is 64.9 Å². The minimum atomic E-state index is -1.91. The maximum Gasteiger partial charge on any atom is 0.305 e. The number of aromatic amines is 2. The molecule has 700 valence electrons. The van der Waals surface area contributed by atoms with E-state index < -0.39 is 261 Å². The quantitative estimate of drug-likeness (QED) is 0.0316. The summed E-state index contributed by atoms with van der Waals surface area (Å²) >= 11 is 0.781. The number of thioether (sulfide) groups is 1. The third-order valence-corrected chi connectivity index (χ3v) is 24.5. The fourth-order valence-corrected chi connectivity index (χ4v) is 17.2. The van der Waals surface area contributed by atoms with Crippen LogP contribution < -0.4 is 70.4 Å². The summed E-state index contributed by atoms with van der Waals surface area (Å²) in [7, 11) is 2.68. The number of amides is 17. The average molecular weight is 1820 g/mol. The molecule has 4 fully saturated rings. The number of carboxylic acid groups (broad SMARTS) is 1. The van der Waals surface area contributed by atoms with Crippen molar-refractivity contribution in [3.8, 4) is 5.75 Å². The maximum atomic E-state index is 15.6. The molecule has 6 heterocycles. The molecule has 0 bridgehead atoms. The molecule has 43 heteroatoms. The van der Waals surface area contributed by atoms with Gasteiger partial charge < -0.3 is 125 Å². The number of aromatic nitrogens is 2. The second kappa shape index (κ2) is 47.3. The number of piperidine rings is 1. The van der Waals surface area contributed by atoms with Gasteiger partial charge in [0.05, 0.1) is 31.4 Å². The Bertz CT molecular complexity index is 4910. The number of hydrogen-bond donors (Lipinski definition) is 19. The van der Waals surface area contributed by atoms with Crippen LogP contribution in [0.2, 0.25) is 0 Å². The molecule has 2 aromatic heterocycles. The smallest absolute Gasteiger partial charge is 0.305 e. The Labute approximate surface area is 747 Å². The van der Waals surface area contributed by atoms with Crippen LogP contribution in [0.15, 0.2) is 85.2 Å². The largest absolute Gasteiger partial charge is 0.508 e. The number of benzene rings is 3. The Balaban J connectivity index is 1.07. The molecule has 17 amide bonds. The summed E-state index contributed by atoms with van der Waals surface area (Å²) in [6.07, 6.45) is 0.639. The number of fused-ring (bicyclic) bond motifs is 5. The number of nitrogens with zero attached hydrogens (tertiary/aromatic N) is 5. The van der Waals surface area contributed by atoms with Crippen LogP contribution in [-0.4, -0.2) is 317 Å². The number of phenols is 1. The standard InChI is InChI=1S/C86H118N20O22S/c1-6-8-21-64-78(120)93-46(3)73(115)101-63(74(116)92-41-70(89)111)44-129-45-71(112)94-58(33-47-25-27-50(108)28-26-47)84(126)104-31-15-14-23-65(104)79(121)98-60(37-72(113)114)85(127)105-32-16-24-66(105)80(122)99-61(38-87)76(118)95-56(29-30-69(88)110)83(125)106-42-51(109)36-68(106)81(123)96-57(34-48-39-90-54-19-12-10-17-52(48)54)75(117)100-62(43-107)77(119)97-59(35-49-40-91-55-20-13-11-18-53(49)55)82(124)103(5)67(22-9-7-2)86(128)102(64)4/h10-13,17-20,25-28,39-40,46,51,56-68,90-91,107-109H,6-9,14-16,21-24,29-38,41-45,87H2,1-5H3,(H2,88,110)(H2,89,111)(H,92,116)(H,93,120)(H,94,112)(H,95,118)(H,96,123)(H,97,119)(H,98,121)(H,99,122)(H,100,117)(H,101,115)(H,113,114)/t46-,51+,56-,57-,58+,59-,60-,61-,62-,63-,64-,65-,66-,67-,68-/m0/s1. The molecule has 0 radical (unpaired) electrons. The number of H-pyrrole nitrogens is 2. The lowest BCUT2D eigenvalue weighted by Crippen LogP contribution is -2.62. The highest BCUT2D eigenvalue weighted by molar-refractivity contribution is 8.00. The number of aliphatic carboxylic acids is 1. The van der Waals surface area contributed by atoms with E-state index in [-0.39, 0.29) is 70.2 Å². The highest BCUT2D eigenvalue weighted by Gasteiger charge is 2.47. The third kappa shape index (κ3) is 26.9. The first-order valence-electron chi connectivity index (χ1n) is 43.2. The Morgan fingerprint density at radius 3 is 1.63 bits per heavy atom. The van der Waals surface area contributed by atoms with E-state index in [2.05, 4.69) is 63.1 Å². The molecule has 15 atom stereocenters. The summed E-state index contributed by atoms with van der Waals surface area (Å²) in [5.41, 5.74) is 19.7. The minimum Gasteiger partial charge on any atom is -0.508 e. The number of aromatic hydroxyl groups is 1. The zero-order valence-corrected chi connectivity index (χ0v) is 73.5. The first-order valence-corrected chi connectivity index (χ1v) is 44.4. The zero-order valence-electron chi connectivity index (χ0n) is 72.6. The summed E-state index contributed by atoms with van der Waals surface area (Å²) in [5, 5.41) is 69.7. The van der Waals surface area contributed by atoms with Crippen molar-refractivity contribution in [3.63, 3.8) is 0 Å². The summed E-state index contributed by atoms with van der Waals surface area (Å²) in [6.45, 7) is 1.61. The van der Waals surface area contributed by atoms with Crippen molar-refractivity contribution >= 4 is 140 Å². The lowest BCUT2D eigenvalue weighted by Gasteiger charge is -2.38. The van der Waals surface area contributed by atoms with Crippen molar-refractivity contribution in [2.24, 2.45) is 17.2 Å². The fraction of sp³-hybridized carbons (Fsp3) is 0.535. The molecule has 42 nitrogen and oxygen atoms in total. The number of phenolic OH excluding ortho intramolecular Hbond substituents is 1. The number of carboxylic acids is 1. The van der Waals surface area contributed by atoms with Crippen LogP contribution in [-0.2, 0) is 106 Å². The molecule has 5 aromatic rings. The van der Waals surface area contributed by atoms with E-state index in [1.54, 1.807) is 60.9 Å². The molecule has 129 heavy (non-hydrogen) atoms. The fourth-order valence-electron chi connectivity index (χ4n) is 16.4. The van der Waals surface area contributed by atoms with Crippen molar-refractivity contribution in [3.05, 3.63) is 102 Å². The van der Waals surface area contributed by atoms with E-state index in [9.17, 15) is 73.2 Å². The number of aliphatic hydroxyl groups excluding tert-OH is 2. The van der Waals surface area contributed by atoms with E-state index in [0.29, 0.717) is 77.0 Å². The molecule has 0 aliphatic carbocycles. The van der Waals surface area contributed by atoms with Crippen LogP contribution >= 0.6 is 11.8 Å². The van der Waals surface area contributed by atoms with Gasteiger partial charge in [0.2, 0.25) is 100 Å². The second-order valence-corrected chi connectivity index (χ2v) is 33.9. The molecule has 0 saturated carbocycles. The van der Waals surface area contributed by atoms with E-state index >= 15 is 33.6 Å². The van der Waals surface area contributed by atoms with Crippen LogP contribution in [0, 0.1) is 0 Å². The number of likely N-dealkylation sites (N-methyl/N-ethyl adjacent to an activating group) is 2. The normalized spacial score (nSPS) is 25.9. The number of unbranched alkanes of at least 4 members (excludes halogenated alkanes) is 2. The molecule has 9 rings (SSSR count). The number of nitrogens with two attached hydrogens (primary N) is 3. The Hall–Kier alpha value is -12.8. The minimum absolute atomic E-state index is 0.00361. The van der Waals surface area contributed by atoms with Crippen LogP contribution in [0.4, 0.5) is 0 Å². The van der Waals surface area contributed by atoms with E-state index in [0.717, 1.165) is 36.3 Å². The van der Waals surface area contributed by atoms with Crippen LogP contribution in [0.25, 0.3) is 21.8 Å². The molecule has 3 aromatic carbocycles. The molecule has 22 N–H and O–H groups in total. The van der Waals surface area contributed by atoms with Crippen LogP contribution in [0.5, 0.6) is 5.75 Å². The van der Waals surface area contributed by atoms with Gasteiger partial charge in [-0.2, -0.15) is 0 Å². The van der Waals surface area contributed by atoms with Crippen LogP contribution in [0.1, 0.15) is 134 Å². The van der Waals surface area contributed by atoms with E-state index in [4.69, 9.17) is 17.2 Å². The molecule has 0 spiro atoms. The molecular weight excluding hydrogens is 1700 g/mol. The van der Waals surface area contributed by atoms with Gasteiger partial charge in [0, 0.05) is 112 Å². The highest BCUT2D eigenvalue weighted by Crippen LogP contribution is 2.29. The lowest BCUT2D eigenvalue weighted by molar-refractivity contribution is -0.149. The maximum absolute atomic E-state index is 15.6. The van der Waals surface area contributed by atoms with Crippen molar-refractivity contribution in [2.45, 2.75) is 227 Å². The summed E-state index contributed by atoms with van der Waals surface area (Å²) in [5.74, 6) is -19.1. The summed E-state index contributed by atoms with van der Waals surface area (Å²) < 4.78 is 0. The van der Waals surface area contributed by atoms with Gasteiger partial charge in [0.15, 0.2) is 0 Å². The van der Waals surface area contributed by atoms with Gasteiger partial charge in [-0.3, -0.25) is 86.3 Å². The molecule has 4 aliphatic rings. The summed E-state index contributed by atoms with van der Waals surface area (Å²) in [6, 6.07) is -2.79. The molecule has 0 unspecified atom stereocenters. The summed E-state index contributed by atoms with van der Waals surface area (Å²) in [4.78, 5) is 271. The zero-order chi connectivity index (χ0) is 94.0. The second-order valence-electron chi connectivity index (χ2n) is 32.8. The number of nitrogens with one attached hydrogen (secondary N) is 12. The number of carbonyl (C=O) groups excluding carboxylic acids is 17. The number of para-hydroxylation sites is 2. The van der Waals surface area contributed by atoms with Crippen molar-refractivity contribution in [1.29, 1.82) is 0 Å². The lowest BCUT2D eigenvalue weighted by atomic mass is 9.97. The Morgan fingerprint density at radius 1 is 0.519 bits per heavy atom. The van der Waals surface area contributed by atoms with Gasteiger partial charge in [-0.15, -0.1) is 11.8 Å². The number of hydrogen-bond acceptors (Lipinski definition) is 23. The predicted molar refractivity (Wildman–Crippen MR) is 468 cm³/mol. The number of carbonyl (C=O) groups is 18. The van der Waals surface area contributed by atoms with Gasteiger partial charge in [0.1, 0.15) is 90.3 Å².